The number of benzene rings is 2. The molecule has 0 aliphatic carbocycles. The molecule has 0 aliphatic heterocycles. The maximum atomic E-state index is 5.68. The molecule has 0 bridgehead atoms. The Balaban J connectivity index is 2.19. The molecule has 1 atom stereocenters. The van der Waals surface area contributed by atoms with Gasteiger partial charge in [0.15, 0.2) is 0 Å². The van der Waals surface area contributed by atoms with Crippen molar-refractivity contribution in [1.82, 2.24) is 4.90 Å². The average molecular weight is 306 g/mol. The van der Waals surface area contributed by atoms with Crippen molar-refractivity contribution in [1.29, 1.82) is 0 Å². The first-order valence-electron chi connectivity index (χ1n) is 7.90. The van der Waals surface area contributed by atoms with Crippen molar-refractivity contribution in [2.75, 3.05) is 20.7 Å². The number of nitrogens with zero attached hydrogens (tertiary/aromatic N) is 2. The molecule has 118 valence electrons. The monoisotopic (exact) mass is 306 g/mol. The van der Waals surface area contributed by atoms with Crippen molar-refractivity contribution in [3.05, 3.63) is 66.0 Å². The molecule has 3 rings (SSSR count). The van der Waals surface area contributed by atoms with E-state index in [-0.39, 0.29) is 0 Å². The summed E-state index contributed by atoms with van der Waals surface area (Å²) >= 11 is 0. The van der Waals surface area contributed by atoms with Gasteiger partial charge in [0, 0.05) is 16.8 Å². The number of rotatable bonds is 4. The lowest BCUT2D eigenvalue weighted by Crippen LogP contribution is -2.28. The van der Waals surface area contributed by atoms with Crippen molar-refractivity contribution in [3.63, 3.8) is 0 Å². The van der Waals surface area contributed by atoms with Crippen molar-refractivity contribution in [3.8, 4) is 0 Å². The van der Waals surface area contributed by atoms with Gasteiger partial charge in [-0.25, -0.2) is 0 Å². The van der Waals surface area contributed by atoms with Crippen LogP contribution in [-0.2, 0) is 4.84 Å². The lowest BCUT2D eigenvalue weighted by Gasteiger charge is -2.17. The Hall–Kier alpha value is -2.39. The summed E-state index contributed by atoms with van der Waals surface area (Å²) in [6.07, 6.45) is 0. The number of fused-ring (bicyclic) bond motifs is 2. The third kappa shape index (κ3) is 3.35. The number of likely N-dealkylation sites (N-methyl/N-ethyl adjacent to an activating group) is 1. The third-order valence-electron chi connectivity index (χ3n) is 4.23. The largest absolute Gasteiger partial charge is 0.394 e. The van der Waals surface area contributed by atoms with Gasteiger partial charge in [-0.2, -0.15) is 0 Å². The topological polar surface area (TPSA) is 24.8 Å². The van der Waals surface area contributed by atoms with Gasteiger partial charge >= 0.3 is 0 Å². The van der Waals surface area contributed by atoms with E-state index in [4.69, 9.17) is 4.84 Å². The molecule has 3 aromatic carbocycles. The molecule has 0 aliphatic rings. The van der Waals surface area contributed by atoms with Gasteiger partial charge in [-0.3, -0.25) is 0 Å². The zero-order valence-electron chi connectivity index (χ0n) is 13.9. The van der Waals surface area contributed by atoms with Crippen LogP contribution in [0.2, 0.25) is 0 Å². The highest BCUT2D eigenvalue weighted by Gasteiger charge is 2.05. The molecule has 3 nitrogen and oxygen atoms in total. The first-order chi connectivity index (χ1) is 11.2. The predicted octanol–water partition coefficient (Wildman–Crippen LogP) is 3.78. The minimum atomic E-state index is 0.314. The van der Waals surface area contributed by atoms with Gasteiger partial charge in [-0.15, -0.1) is 0 Å². The third-order valence-corrected chi connectivity index (χ3v) is 4.23. The predicted molar refractivity (Wildman–Crippen MR) is 96.1 cm³/mol. The van der Waals surface area contributed by atoms with E-state index in [9.17, 15) is 0 Å². The first-order valence-corrected chi connectivity index (χ1v) is 7.90. The van der Waals surface area contributed by atoms with E-state index in [2.05, 4.69) is 53.4 Å². The fourth-order valence-electron chi connectivity index (χ4n) is 2.50. The van der Waals surface area contributed by atoms with Gasteiger partial charge in [0.25, 0.3) is 0 Å². The molecule has 3 heteroatoms. The summed E-state index contributed by atoms with van der Waals surface area (Å²) in [4.78, 5) is 7.81. The lowest BCUT2D eigenvalue weighted by atomic mass is 10.1. The molecule has 0 saturated carbocycles. The molecular weight excluding hydrogens is 284 g/mol. The molecule has 0 amide bonds. The first kappa shape index (κ1) is 15.5. The van der Waals surface area contributed by atoms with E-state index in [1.165, 1.54) is 0 Å². The zero-order chi connectivity index (χ0) is 16.2. The van der Waals surface area contributed by atoms with E-state index < -0.39 is 0 Å². The Bertz CT molecular complexity index is 825. The van der Waals surface area contributed by atoms with Gasteiger partial charge < -0.3 is 9.74 Å². The van der Waals surface area contributed by atoms with Crippen molar-refractivity contribution >= 4 is 21.5 Å². The average Bonchev–Trinajstić information content (AvgIpc) is 2.72. The highest BCUT2D eigenvalue weighted by atomic mass is 16.6. The van der Waals surface area contributed by atoms with E-state index >= 15 is 0 Å². The summed E-state index contributed by atoms with van der Waals surface area (Å²) < 4.78 is 0. The van der Waals surface area contributed by atoms with Gasteiger partial charge in [-0.05, 0) is 31.8 Å². The SMILES string of the molecule is CC(CON=c1c2ccccc2ccc2ccccc12)N(C)C. The van der Waals surface area contributed by atoms with Crippen LogP contribution in [0.5, 0.6) is 0 Å². The quantitative estimate of drug-likeness (QED) is 0.685. The second kappa shape index (κ2) is 6.80. The minimum Gasteiger partial charge on any atom is -0.394 e. The molecule has 0 radical (unpaired) electrons. The molecule has 0 spiro atoms. The lowest BCUT2D eigenvalue weighted by molar-refractivity contribution is 0.0852. The summed E-state index contributed by atoms with van der Waals surface area (Å²) in [6.45, 7) is 2.69. The summed E-state index contributed by atoms with van der Waals surface area (Å²) in [6, 6.07) is 21.2. The normalized spacial score (nSPS) is 12.5. The van der Waals surface area contributed by atoms with E-state index in [0.717, 1.165) is 26.9 Å². The maximum absolute atomic E-state index is 5.68. The van der Waals surface area contributed by atoms with Crippen LogP contribution in [0, 0.1) is 0 Å². The number of hydrogen-bond acceptors (Lipinski definition) is 3. The van der Waals surface area contributed by atoms with Crippen LogP contribution in [0.1, 0.15) is 6.92 Å². The van der Waals surface area contributed by atoms with E-state index in [1.807, 2.05) is 38.4 Å². The molecular formula is C20H22N2O. The molecule has 3 aromatic rings. The smallest absolute Gasteiger partial charge is 0.132 e. The Labute approximate surface area is 136 Å². The van der Waals surface area contributed by atoms with Gasteiger partial charge in [0.05, 0.1) is 0 Å². The second-order valence-corrected chi connectivity index (χ2v) is 6.06. The fraction of sp³-hybridized carbons (Fsp3) is 0.250. The molecule has 0 aromatic heterocycles. The summed E-state index contributed by atoms with van der Waals surface area (Å²) in [5, 5.41) is 9.92. The van der Waals surface area contributed by atoms with E-state index in [0.29, 0.717) is 12.6 Å². The molecule has 23 heavy (non-hydrogen) atoms. The number of hydrogen-bond donors (Lipinski definition) is 0. The van der Waals surface area contributed by atoms with Crippen LogP contribution in [0.4, 0.5) is 0 Å². The molecule has 1 unspecified atom stereocenters. The fourth-order valence-corrected chi connectivity index (χ4v) is 2.50. The summed E-state index contributed by atoms with van der Waals surface area (Å²) in [5.41, 5.74) is 0. The Morgan fingerprint density at radius 2 is 1.39 bits per heavy atom. The Morgan fingerprint density at radius 1 is 0.870 bits per heavy atom. The Morgan fingerprint density at radius 3 is 1.91 bits per heavy atom. The summed E-state index contributed by atoms with van der Waals surface area (Å²) in [5.74, 6) is 0. The van der Waals surface area contributed by atoms with Gasteiger partial charge in [0.1, 0.15) is 12.0 Å². The zero-order valence-corrected chi connectivity index (χ0v) is 13.9. The van der Waals surface area contributed by atoms with Crippen molar-refractivity contribution in [2.45, 2.75) is 13.0 Å². The minimum absolute atomic E-state index is 0.314. The molecule has 0 saturated heterocycles. The molecule has 0 fully saturated rings. The summed E-state index contributed by atoms with van der Waals surface area (Å²) in [7, 11) is 4.09. The van der Waals surface area contributed by atoms with Crippen molar-refractivity contribution < 1.29 is 4.84 Å². The van der Waals surface area contributed by atoms with E-state index in [1.54, 1.807) is 0 Å². The van der Waals surface area contributed by atoms with Crippen LogP contribution >= 0.6 is 0 Å². The van der Waals surface area contributed by atoms with Crippen LogP contribution in [0.3, 0.4) is 0 Å². The van der Waals surface area contributed by atoms with Gasteiger partial charge in [-0.1, -0.05) is 65.8 Å². The van der Waals surface area contributed by atoms with Crippen LogP contribution in [0.25, 0.3) is 21.5 Å². The standard InChI is InChI=1S/C20H22N2O/c1-15(22(2)3)14-23-21-20-18-10-6-4-8-16(18)12-13-17-9-5-7-11-19(17)20/h4-13,15H,14H2,1-3H3. The second-order valence-electron chi connectivity index (χ2n) is 6.06. The highest BCUT2D eigenvalue weighted by Crippen LogP contribution is 2.15. The highest BCUT2D eigenvalue weighted by molar-refractivity contribution is 5.92. The van der Waals surface area contributed by atoms with Gasteiger partial charge in [0.2, 0.25) is 0 Å². The maximum Gasteiger partial charge on any atom is 0.132 e. The van der Waals surface area contributed by atoms with Crippen LogP contribution in [-0.4, -0.2) is 31.6 Å². The van der Waals surface area contributed by atoms with Crippen LogP contribution in [0.15, 0.2) is 65.8 Å². The van der Waals surface area contributed by atoms with Crippen molar-refractivity contribution in [2.24, 2.45) is 5.16 Å². The molecule has 0 heterocycles. The Kier molecular flexibility index (Phi) is 4.58. The van der Waals surface area contributed by atoms with Crippen LogP contribution < -0.4 is 5.36 Å². The molecule has 0 N–H and O–H groups in total.